The molecule has 2 aromatic rings. The monoisotopic (exact) mass is 320 g/mol. The lowest BCUT2D eigenvalue weighted by atomic mass is 10.1. The zero-order chi connectivity index (χ0) is 16.3. The van der Waals surface area contributed by atoms with E-state index in [1.807, 2.05) is 0 Å². The lowest BCUT2D eigenvalue weighted by Crippen LogP contribution is -2.14. The molecule has 0 bridgehead atoms. The van der Waals surface area contributed by atoms with Crippen molar-refractivity contribution in [1.82, 2.24) is 0 Å². The molecule has 0 saturated carbocycles. The highest BCUT2D eigenvalue weighted by atomic mass is 32.1. The Hall–Kier alpha value is -2.74. The normalized spacial score (nSPS) is 10.1. The van der Waals surface area contributed by atoms with Gasteiger partial charge in [-0.1, -0.05) is 0 Å². The van der Waals surface area contributed by atoms with Crippen LogP contribution in [0.4, 0.5) is 11.4 Å². The van der Waals surface area contributed by atoms with E-state index in [2.05, 4.69) is 10.1 Å². The minimum Gasteiger partial charge on any atom is -0.465 e. The fourth-order valence-electron chi connectivity index (χ4n) is 1.85. The topological polar surface area (TPSA) is 98.5 Å². The van der Waals surface area contributed by atoms with E-state index in [0.29, 0.717) is 11.3 Å². The maximum Gasteiger partial charge on any atom is 0.350 e. The van der Waals surface area contributed by atoms with Crippen LogP contribution in [-0.4, -0.2) is 23.9 Å². The summed E-state index contributed by atoms with van der Waals surface area (Å²) in [5, 5.41) is 15.0. The Labute approximate surface area is 129 Å². The number of amides is 1. The maximum absolute atomic E-state index is 12.2. The summed E-state index contributed by atoms with van der Waals surface area (Å²) in [5.74, 6) is -0.994. The number of methoxy groups -OCH3 is 1. The van der Waals surface area contributed by atoms with Gasteiger partial charge in [0.25, 0.3) is 11.6 Å². The van der Waals surface area contributed by atoms with Gasteiger partial charge >= 0.3 is 5.97 Å². The molecular formula is C14H12N2O5S. The van der Waals surface area contributed by atoms with Crippen LogP contribution in [-0.2, 0) is 4.74 Å². The number of nitro groups is 1. The number of hydrogen-bond acceptors (Lipinski definition) is 6. The summed E-state index contributed by atoms with van der Waals surface area (Å²) in [4.78, 5) is 34.3. The van der Waals surface area contributed by atoms with Gasteiger partial charge in [0.15, 0.2) is 0 Å². The van der Waals surface area contributed by atoms with Crippen LogP contribution in [0.2, 0.25) is 0 Å². The van der Waals surface area contributed by atoms with Crippen molar-refractivity contribution in [2.45, 2.75) is 6.92 Å². The van der Waals surface area contributed by atoms with Crippen LogP contribution in [0.5, 0.6) is 0 Å². The quantitative estimate of drug-likeness (QED) is 0.530. The molecule has 0 atom stereocenters. The van der Waals surface area contributed by atoms with E-state index in [0.717, 1.165) is 11.3 Å². The molecule has 8 heteroatoms. The predicted octanol–water partition coefficient (Wildman–Crippen LogP) is 3.00. The number of esters is 1. The first-order valence-electron chi connectivity index (χ1n) is 6.16. The number of anilines is 1. The number of nitro benzene ring substituents is 1. The Balaban J connectivity index is 2.23. The summed E-state index contributed by atoms with van der Waals surface area (Å²) in [6.45, 7) is 1.55. The third-order valence-electron chi connectivity index (χ3n) is 2.94. The van der Waals surface area contributed by atoms with E-state index in [4.69, 9.17) is 0 Å². The summed E-state index contributed by atoms with van der Waals surface area (Å²) in [7, 11) is 1.26. The van der Waals surface area contributed by atoms with Gasteiger partial charge < -0.3 is 10.1 Å². The molecule has 0 radical (unpaired) electrons. The van der Waals surface area contributed by atoms with E-state index < -0.39 is 16.8 Å². The van der Waals surface area contributed by atoms with Gasteiger partial charge in [-0.3, -0.25) is 14.9 Å². The molecule has 1 amide bonds. The fourth-order valence-corrected chi connectivity index (χ4v) is 2.62. The Bertz CT molecular complexity index is 753. The third-order valence-corrected chi connectivity index (χ3v) is 3.83. The van der Waals surface area contributed by atoms with Crippen molar-refractivity contribution in [3.05, 3.63) is 55.8 Å². The molecule has 0 fully saturated rings. The SMILES string of the molecule is COC(=O)c1sccc1NC(=O)c1ccc([N+](=O)[O-])c(C)c1. The molecule has 0 aliphatic carbocycles. The number of benzene rings is 1. The second-order valence-electron chi connectivity index (χ2n) is 4.37. The molecule has 0 aliphatic rings. The van der Waals surface area contributed by atoms with E-state index >= 15 is 0 Å². The number of aryl methyl sites for hydroxylation is 1. The van der Waals surface area contributed by atoms with Crippen molar-refractivity contribution in [2.75, 3.05) is 12.4 Å². The van der Waals surface area contributed by atoms with Gasteiger partial charge in [-0.25, -0.2) is 4.79 Å². The van der Waals surface area contributed by atoms with Crippen molar-refractivity contribution in [1.29, 1.82) is 0 Å². The average molecular weight is 320 g/mol. The van der Waals surface area contributed by atoms with Crippen molar-refractivity contribution >= 4 is 34.6 Å². The van der Waals surface area contributed by atoms with Gasteiger partial charge in [0.1, 0.15) is 4.88 Å². The minimum atomic E-state index is -0.537. The van der Waals surface area contributed by atoms with Crippen LogP contribution >= 0.6 is 11.3 Å². The zero-order valence-corrected chi connectivity index (χ0v) is 12.6. The molecular weight excluding hydrogens is 308 g/mol. The molecule has 1 heterocycles. The predicted molar refractivity (Wildman–Crippen MR) is 81.4 cm³/mol. The van der Waals surface area contributed by atoms with Crippen LogP contribution in [0, 0.1) is 17.0 Å². The Kier molecular flexibility index (Phi) is 4.52. The summed E-state index contributed by atoms with van der Waals surface area (Å²) in [5.41, 5.74) is 0.946. The van der Waals surface area contributed by atoms with Crippen molar-refractivity contribution in [3.63, 3.8) is 0 Å². The van der Waals surface area contributed by atoms with E-state index in [1.165, 1.54) is 25.3 Å². The zero-order valence-electron chi connectivity index (χ0n) is 11.8. The number of ether oxygens (including phenoxy) is 1. The molecule has 1 aromatic heterocycles. The number of hydrogen-bond donors (Lipinski definition) is 1. The smallest absolute Gasteiger partial charge is 0.350 e. The second-order valence-corrected chi connectivity index (χ2v) is 5.28. The average Bonchev–Trinajstić information content (AvgIpc) is 2.94. The molecule has 1 aromatic carbocycles. The van der Waals surface area contributed by atoms with Crippen LogP contribution in [0.1, 0.15) is 25.6 Å². The largest absolute Gasteiger partial charge is 0.465 e. The first-order valence-corrected chi connectivity index (χ1v) is 7.04. The first kappa shape index (κ1) is 15.6. The molecule has 2 rings (SSSR count). The number of carbonyl (C=O) groups excluding carboxylic acids is 2. The fraction of sp³-hybridized carbons (Fsp3) is 0.143. The number of nitrogens with one attached hydrogen (secondary N) is 1. The van der Waals surface area contributed by atoms with Gasteiger partial charge in [0, 0.05) is 17.2 Å². The van der Waals surface area contributed by atoms with Crippen LogP contribution in [0.3, 0.4) is 0 Å². The van der Waals surface area contributed by atoms with Crippen LogP contribution in [0.15, 0.2) is 29.6 Å². The summed E-state index contributed by atoms with van der Waals surface area (Å²) < 4.78 is 4.63. The van der Waals surface area contributed by atoms with Gasteiger partial charge in [-0.15, -0.1) is 11.3 Å². The van der Waals surface area contributed by atoms with Crippen LogP contribution in [0.25, 0.3) is 0 Å². The highest BCUT2D eigenvalue weighted by Crippen LogP contribution is 2.24. The van der Waals surface area contributed by atoms with Gasteiger partial charge in [0.2, 0.25) is 0 Å². The first-order chi connectivity index (χ1) is 10.4. The lowest BCUT2D eigenvalue weighted by Gasteiger charge is -2.06. The number of rotatable bonds is 4. The molecule has 114 valence electrons. The van der Waals surface area contributed by atoms with E-state index in [9.17, 15) is 19.7 Å². The number of nitrogens with zero attached hydrogens (tertiary/aromatic N) is 1. The molecule has 0 spiro atoms. The standard InChI is InChI=1S/C14H12N2O5S/c1-8-7-9(3-4-11(8)16(19)20)13(17)15-10-5-6-22-12(10)14(18)21-2/h3-7H,1-2H3,(H,15,17). The minimum absolute atomic E-state index is 0.0534. The number of carbonyl (C=O) groups is 2. The summed E-state index contributed by atoms with van der Waals surface area (Å²) >= 11 is 1.15. The molecule has 0 saturated heterocycles. The lowest BCUT2D eigenvalue weighted by molar-refractivity contribution is -0.385. The Morgan fingerprint density at radius 2 is 2.05 bits per heavy atom. The Morgan fingerprint density at radius 1 is 1.32 bits per heavy atom. The van der Waals surface area contributed by atoms with Crippen molar-refractivity contribution in [3.8, 4) is 0 Å². The molecule has 0 aliphatic heterocycles. The molecule has 1 N–H and O–H groups in total. The summed E-state index contributed by atoms with van der Waals surface area (Å²) in [6.07, 6.45) is 0. The Morgan fingerprint density at radius 3 is 2.64 bits per heavy atom. The highest BCUT2D eigenvalue weighted by molar-refractivity contribution is 7.12. The second kappa shape index (κ2) is 6.35. The third kappa shape index (κ3) is 3.12. The van der Waals surface area contributed by atoms with Crippen molar-refractivity contribution in [2.24, 2.45) is 0 Å². The summed E-state index contributed by atoms with van der Waals surface area (Å²) in [6, 6.07) is 5.66. The van der Waals surface area contributed by atoms with Gasteiger partial charge in [0.05, 0.1) is 17.7 Å². The van der Waals surface area contributed by atoms with E-state index in [-0.39, 0.29) is 16.1 Å². The number of thiophene rings is 1. The maximum atomic E-state index is 12.2. The highest BCUT2D eigenvalue weighted by Gasteiger charge is 2.18. The van der Waals surface area contributed by atoms with Crippen LogP contribution < -0.4 is 5.32 Å². The molecule has 7 nitrogen and oxygen atoms in total. The molecule has 0 unspecified atom stereocenters. The van der Waals surface area contributed by atoms with Crippen molar-refractivity contribution < 1.29 is 19.2 Å². The van der Waals surface area contributed by atoms with Gasteiger partial charge in [-0.05, 0) is 30.5 Å². The van der Waals surface area contributed by atoms with Gasteiger partial charge in [-0.2, -0.15) is 0 Å². The molecule has 22 heavy (non-hydrogen) atoms. The van der Waals surface area contributed by atoms with E-state index in [1.54, 1.807) is 18.4 Å².